The van der Waals surface area contributed by atoms with E-state index in [1.165, 1.54) is 12.1 Å². The van der Waals surface area contributed by atoms with Gasteiger partial charge in [0, 0.05) is 38.6 Å². The molecular weight excluding hydrogens is 448 g/mol. The van der Waals surface area contributed by atoms with E-state index in [0.717, 1.165) is 20.8 Å². The summed E-state index contributed by atoms with van der Waals surface area (Å²) in [5.74, 6) is 1.22. The third kappa shape index (κ3) is 3.15. The maximum absolute atomic E-state index is 10.9. The quantitative estimate of drug-likeness (QED) is 0.286. The van der Waals surface area contributed by atoms with Gasteiger partial charge in [0.05, 0.1) is 4.92 Å². The average Bonchev–Trinajstić information content (AvgIpc) is 3.19. The second kappa shape index (κ2) is 7.20. The van der Waals surface area contributed by atoms with E-state index in [-0.39, 0.29) is 5.69 Å². The topological polar surface area (TPSA) is 98.2 Å². The molecule has 5 rings (SSSR count). The van der Waals surface area contributed by atoms with Gasteiger partial charge in [-0.1, -0.05) is 52.3 Å². The first-order valence-corrected chi connectivity index (χ1v) is 9.81. The van der Waals surface area contributed by atoms with Crippen molar-refractivity contribution in [1.82, 2.24) is 19.8 Å². The minimum absolute atomic E-state index is 0.0325. The third-order valence-electron chi connectivity index (χ3n) is 4.71. The van der Waals surface area contributed by atoms with E-state index >= 15 is 0 Å². The Morgan fingerprint density at radius 2 is 1.60 bits per heavy atom. The fraction of sp³-hybridized carbons (Fsp3) is 0. The number of benzene rings is 3. The highest BCUT2D eigenvalue weighted by Gasteiger charge is 2.16. The van der Waals surface area contributed by atoms with Gasteiger partial charge < -0.3 is 5.32 Å². The Labute approximate surface area is 178 Å². The normalized spacial score (nSPS) is 11.1. The fourth-order valence-electron chi connectivity index (χ4n) is 3.26. The van der Waals surface area contributed by atoms with E-state index < -0.39 is 4.92 Å². The lowest BCUT2D eigenvalue weighted by Gasteiger charge is -2.10. The van der Waals surface area contributed by atoms with Gasteiger partial charge >= 0.3 is 0 Å². The molecule has 0 aliphatic carbocycles. The van der Waals surface area contributed by atoms with E-state index in [4.69, 9.17) is 5.10 Å². The van der Waals surface area contributed by atoms with Gasteiger partial charge in [-0.25, -0.2) is 0 Å². The molecule has 0 amide bonds. The number of nitro groups is 1. The molecule has 0 atom stereocenters. The van der Waals surface area contributed by atoms with Crippen molar-refractivity contribution >= 4 is 49.5 Å². The number of nitrogens with zero attached hydrogens (tertiary/aromatic N) is 5. The number of aromatic nitrogens is 4. The molecule has 3 aromatic carbocycles. The van der Waals surface area contributed by atoms with Crippen molar-refractivity contribution in [2.24, 2.45) is 0 Å². The number of non-ortho nitro benzene ring substituents is 1. The molecule has 2 aromatic heterocycles. The smallest absolute Gasteiger partial charge is 0.269 e. The maximum atomic E-state index is 10.9. The zero-order valence-electron chi connectivity index (χ0n) is 15.4. The first kappa shape index (κ1) is 18.2. The van der Waals surface area contributed by atoms with Crippen LogP contribution in [0.1, 0.15) is 0 Å². The lowest BCUT2D eigenvalue weighted by molar-refractivity contribution is -0.384. The number of fused-ring (bicyclic) bond motifs is 3. The molecular formula is C21H13BrN6O2. The van der Waals surface area contributed by atoms with E-state index in [9.17, 15) is 10.1 Å². The number of hydrogen-bond acceptors (Lipinski definition) is 6. The van der Waals surface area contributed by atoms with Gasteiger partial charge in [-0.15, -0.1) is 15.3 Å². The number of anilines is 2. The molecule has 0 bridgehead atoms. The van der Waals surface area contributed by atoms with Crippen molar-refractivity contribution in [2.45, 2.75) is 0 Å². The maximum Gasteiger partial charge on any atom is 0.269 e. The van der Waals surface area contributed by atoms with Crippen molar-refractivity contribution in [2.75, 3.05) is 5.32 Å². The molecule has 0 aliphatic rings. The van der Waals surface area contributed by atoms with Crippen LogP contribution in [0.3, 0.4) is 0 Å². The molecule has 0 saturated carbocycles. The SMILES string of the molecule is O=[N+]([O-])c1ccc(Nc2nn3c(-c4ccc(Br)cc4)nnc3c3ccccc23)cc1. The Bertz CT molecular complexity index is 1400. The summed E-state index contributed by atoms with van der Waals surface area (Å²) in [6.45, 7) is 0. The summed E-state index contributed by atoms with van der Waals surface area (Å²) in [5.41, 5.74) is 2.26. The van der Waals surface area contributed by atoms with Gasteiger partial charge in [0.15, 0.2) is 17.3 Å². The minimum Gasteiger partial charge on any atom is -0.338 e. The van der Waals surface area contributed by atoms with E-state index in [0.29, 0.717) is 23.0 Å². The first-order valence-electron chi connectivity index (χ1n) is 9.02. The first-order chi connectivity index (χ1) is 14.6. The summed E-state index contributed by atoms with van der Waals surface area (Å²) in [6.07, 6.45) is 0. The van der Waals surface area contributed by atoms with Crippen molar-refractivity contribution in [3.05, 3.63) is 87.4 Å². The summed E-state index contributed by atoms with van der Waals surface area (Å²) in [5, 5.41) is 29.4. The van der Waals surface area contributed by atoms with Crippen LogP contribution in [0.5, 0.6) is 0 Å². The number of nitro benzene ring substituents is 1. The highest BCUT2D eigenvalue weighted by Crippen LogP contribution is 2.30. The van der Waals surface area contributed by atoms with Gasteiger partial charge in [-0.2, -0.15) is 4.52 Å². The van der Waals surface area contributed by atoms with Gasteiger partial charge in [0.2, 0.25) is 0 Å². The van der Waals surface area contributed by atoms with Crippen LogP contribution in [0.4, 0.5) is 17.2 Å². The molecule has 146 valence electrons. The molecule has 2 heterocycles. The Morgan fingerprint density at radius 1 is 0.900 bits per heavy atom. The van der Waals surface area contributed by atoms with Crippen molar-refractivity contribution in [1.29, 1.82) is 0 Å². The summed E-state index contributed by atoms with van der Waals surface area (Å²) in [4.78, 5) is 10.5. The fourth-order valence-corrected chi connectivity index (χ4v) is 3.52. The zero-order valence-corrected chi connectivity index (χ0v) is 16.9. The molecule has 0 aliphatic heterocycles. The highest BCUT2D eigenvalue weighted by atomic mass is 79.9. The summed E-state index contributed by atoms with van der Waals surface area (Å²) < 4.78 is 2.68. The van der Waals surface area contributed by atoms with Crippen molar-refractivity contribution in [3.8, 4) is 11.4 Å². The molecule has 0 fully saturated rings. The highest BCUT2D eigenvalue weighted by molar-refractivity contribution is 9.10. The lowest BCUT2D eigenvalue weighted by Crippen LogP contribution is -2.02. The molecule has 5 aromatic rings. The standard InChI is InChI=1S/C21H13BrN6O2/c22-14-7-5-13(6-8-14)20-24-25-21-18-4-2-1-3-17(18)19(26-27(20)21)23-15-9-11-16(12-10-15)28(29)30/h1-12H,(H,23,26). The van der Waals surface area contributed by atoms with Crippen LogP contribution in [-0.2, 0) is 0 Å². The van der Waals surface area contributed by atoms with Gasteiger partial charge in [0.1, 0.15) is 0 Å². The third-order valence-corrected chi connectivity index (χ3v) is 5.24. The molecule has 0 unspecified atom stereocenters. The summed E-state index contributed by atoms with van der Waals surface area (Å²) >= 11 is 3.44. The molecule has 1 N–H and O–H groups in total. The van der Waals surface area contributed by atoms with Crippen LogP contribution in [-0.4, -0.2) is 24.7 Å². The van der Waals surface area contributed by atoms with Gasteiger partial charge in [0.25, 0.3) is 5.69 Å². The van der Waals surface area contributed by atoms with Crippen molar-refractivity contribution < 1.29 is 4.92 Å². The Kier molecular flexibility index (Phi) is 4.36. The van der Waals surface area contributed by atoms with Crippen LogP contribution >= 0.6 is 15.9 Å². The molecule has 30 heavy (non-hydrogen) atoms. The largest absolute Gasteiger partial charge is 0.338 e. The van der Waals surface area contributed by atoms with Crippen LogP contribution < -0.4 is 5.32 Å². The van der Waals surface area contributed by atoms with E-state index in [2.05, 4.69) is 31.4 Å². The summed E-state index contributed by atoms with van der Waals surface area (Å²) in [6, 6.07) is 21.8. The lowest BCUT2D eigenvalue weighted by atomic mass is 10.1. The second-order valence-corrected chi connectivity index (χ2v) is 7.50. The summed E-state index contributed by atoms with van der Waals surface area (Å²) in [7, 11) is 0. The Morgan fingerprint density at radius 3 is 2.30 bits per heavy atom. The van der Waals surface area contributed by atoms with E-state index in [1.807, 2.05) is 48.5 Å². The monoisotopic (exact) mass is 460 g/mol. The van der Waals surface area contributed by atoms with Crippen LogP contribution in [0.25, 0.3) is 27.8 Å². The molecule has 8 nitrogen and oxygen atoms in total. The molecule has 9 heteroatoms. The predicted octanol–water partition coefficient (Wildman–Crippen LogP) is 5.36. The average molecular weight is 461 g/mol. The minimum atomic E-state index is -0.425. The van der Waals surface area contributed by atoms with Gasteiger partial charge in [-0.3, -0.25) is 10.1 Å². The molecule has 0 radical (unpaired) electrons. The van der Waals surface area contributed by atoms with Crippen LogP contribution in [0.15, 0.2) is 77.3 Å². The number of nitrogens with one attached hydrogen (secondary N) is 1. The Hall–Kier alpha value is -3.85. The zero-order chi connectivity index (χ0) is 20.7. The Balaban J connectivity index is 1.67. The van der Waals surface area contributed by atoms with Crippen LogP contribution in [0.2, 0.25) is 0 Å². The van der Waals surface area contributed by atoms with E-state index in [1.54, 1.807) is 16.6 Å². The van der Waals surface area contributed by atoms with Crippen molar-refractivity contribution in [3.63, 3.8) is 0 Å². The predicted molar refractivity (Wildman–Crippen MR) is 118 cm³/mol. The van der Waals surface area contributed by atoms with Gasteiger partial charge in [-0.05, 0) is 24.3 Å². The molecule has 0 saturated heterocycles. The number of rotatable bonds is 4. The number of halogens is 1. The second-order valence-electron chi connectivity index (χ2n) is 6.59. The number of hydrogen-bond donors (Lipinski definition) is 1. The molecule has 0 spiro atoms. The van der Waals surface area contributed by atoms with Crippen LogP contribution in [0, 0.1) is 10.1 Å².